The fraction of sp³-hybridized carbons (Fsp3) is 0.533. The molecule has 0 aliphatic heterocycles. The molecule has 0 saturated carbocycles. The summed E-state index contributed by atoms with van der Waals surface area (Å²) in [5.74, 6) is 0.750. The lowest BCUT2D eigenvalue weighted by molar-refractivity contribution is 0.181. The number of halogens is 2. The molecule has 106 valence electrons. The summed E-state index contributed by atoms with van der Waals surface area (Å²) in [4.78, 5) is 3.98. The number of hydrogen-bond acceptors (Lipinski definition) is 2. The van der Waals surface area contributed by atoms with E-state index in [9.17, 15) is 0 Å². The molecule has 19 heavy (non-hydrogen) atoms. The molecule has 0 radical (unpaired) electrons. The van der Waals surface area contributed by atoms with Crippen molar-refractivity contribution in [2.75, 3.05) is 6.61 Å². The molecule has 0 amide bonds. The Morgan fingerprint density at radius 2 is 2.16 bits per heavy atom. The van der Waals surface area contributed by atoms with E-state index in [1.54, 1.807) is 12.3 Å². The Bertz CT molecular complexity index is 419. The minimum absolute atomic E-state index is 0.297. The molecule has 1 aromatic rings. The number of allylic oxidation sites excluding steroid dienone is 1. The zero-order valence-corrected chi connectivity index (χ0v) is 13.9. The highest BCUT2D eigenvalue weighted by Gasteiger charge is 2.24. The molecule has 0 N–H and O–H groups in total. The summed E-state index contributed by atoms with van der Waals surface area (Å²) in [6.45, 7) is 8.99. The maximum absolute atomic E-state index is 5.86. The molecule has 0 aromatic carbocycles. The van der Waals surface area contributed by atoms with Gasteiger partial charge in [0, 0.05) is 12.3 Å². The van der Waals surface area contributed by atoms with Gasteiger partial charge in [-0.25, -0.2) is 4.98 Å². The lowest BCUT2D eigenvalue weighted by Crippen LogP contribution is -2.21. The monoisotopic (exact) mass is 345 g/mol. The Balaban J connectivity index is 2.61. The van der Waals surface area contributed by atoms with Crippen LogP contribution in [0.1, 0.15) is 39.5 Å². The van der Waals surface area contributed by atoms with E-state index < -0.39 is 0 Å². The van der Waals surface area contributed by atoms with Crippen molar-refractivity contribution in [3.8, 4) is 5.75 Å². The maximum atomic E-state index is 5.86. The Morgan fingerprint density at radius 3 is 2.74 bits per heavy atom. The summed E-state index contributed by atoms with van der Waals surface area (Å²) >= 11 is 9.28. The zero-order valence-electron chi connectivity index (χ0n) is 11.6. The first-order chi connectivity index (χ1) is 9.06. The SMILES string of the molecule is C=CCC(CC)(CC)CCOc1cc(Cl)ncc1Br. The fourth-order valence-electron chi connectivity index (χ4n) is 2.18. The molecule has 1 heterocycles. The summed E-state index contributed by atoms with van der Waals surface area (Å²) in [6.07, 6.45) is 7.98. The quantitative estimate of drug-likeness (QED) is 0.448. The van der Waals surface area contributed by atoms with Crippen molar-refractivity contribution in [1.82, 2.24) is 4.98 Å². The van der Waals surface area contributed by atoms with Crippen LogP contribution < -0.4 is 4.74 Å². The van der Waals surface area contributed by atoms with E-state index in [1.165, 1.54) is 0 Å². The van der Waals surface area contributed by atoms with Gasteiger partial charge in [-0.15, -0.1) is 6.58 Å². The Hall–Kier alpha value is -0.540. The average Bonchev–Trinajstić information content (AvgIpc) is 2.41. The Kier molecular flexibility index (Phi) is 6.87. The van der Waals surface area contributed by atoms with Crippen molar-refractivity contribution in [2.24, 2.45) is 5.41 Å². The van der Waals surface area contributed by atoms with E-state index in [2.05, 4.69) is 41.3 Å². The molecule has 0 aliphatic carbocycles. The number of ether oxygens (including phenoxy) is 1. The van der Waals surface area contributed by atoms with Crippen LogP contribution in [-0.2, 0) is 0 Å². The molecular weight excluding hydrogens is 326 g/mol. The Morgan fingerprint density at radius 1 is 1.47 bits per heavy atom. The third-order valence-electron chi connectivity index (χ3n) is 3.75. The first-order valence-electron chi connectivity index (χ1n) is 6.61. The van der Waals surface area contributed by atoms with E-state index in [0.717, 1.165) is 35.9 Å². The van der Waals surface area contributed by atoms with Crippen LogP contribution in [0.3, 0.4) is 0 Å². The number of rotatable bonds is 8. The molecule has 0 unspecified atom stereocenters. The summed E-state index contributed by atoms with van der Waals surface area (Å²) in [7, 11) is 0. The summed E-state index contributed by atoms with van der Waals surface area (Å²) in [6, 6.07) is 1.73. The molecule has 0 atom stereocenters. The van der Waals surface area contributed by atoms with Crippen molar-refractivity contribution in [3.63, 3.8) is 0 Å². The van der Waals surface area contributed by atoms with Crippen molar-refractivity contribution in [2.45, 2.75) is 39.5 Å². The Labute approximate surface area is 129 Å². The van der Waals surface area contributed by atoms with Crippen molar-refractivity contribution in [3.05, 3.63) is 34.5 Å². The standard InChI is InChI=1S/C15H21BrClNO/c1-4-7-15(5-2,6-3)8-9-19-13-10-14(17)18-11-12(13)16/h4,10-11H,1,5-9H2,2-3H3. The third kappa shape index (κ3) is 4.81. The minimum Gasteiger partial charge on any atom is -0.492 e. The normalized spacial score (nSPS) is 11.4. The lowest BCUT2D eigenvalue weighted by Gasteiger charge is -2.30. The van der Waals surface area contributed by atoms with Gasteiger partial charge in [-0.2, -0.15) is 0 Å². The summed E-state index contributed by atoms with van der Waals surface area (Å²) in [5, 5.41) is 0.446. The van der Waals surface area contributed by atoms with Crippen molar-refractivity contribution in [1.29, 1.82) is 0 Å². The number of pyridine rings is 1. The number of nitrogens with zero attached hydrogens (tertiary/aromatic N) is 1. The topological polar surface area (TPSA) is 22.1 Å². The highest BCUT2D eigenvalue weighted by molar-refractivity contribution is 9.10. The first kappa shape index (κ1) is 16.5. The van der Waals surface area contributed by atoms with Crippen LogP contribution in [0.5, 0.6) is 5.75 Å². The average molecular weight is 347 g/mol. The second-order valence-electron chi connectivity index (χ2n) is 4.74. The molecule has 1 aromatic heterocycles. The van der Waals surface area contributed by atoms with Crippen molar-refractivity contribution < 1.29 is 4.74 Å². The van der Waals surface area contributed by atoms with E-state index in [4.69, 9.17) is 16.3 Å². The van der Waals surface area contributed by atoms with E-state index >= 15 is 0 Å². The first-order valence-corrected chi connectivity index (χ1v) is 7.78. The minimum atomic E-state index is 0.297. The summed E-state index contributed by atoms with van der Waals surface area (Å²) < 4.78 is 6.65. The van der Waals surface area contributed by atoms with Gasteiger partial charge in [0.05, 0.1) is 11.1 Å². The molecule has 1 rings (SSSR count). The molecule has 0 saturated heterocycles. The molecule has 0 aliphatic rings. The van der Waals surface area contributed by atoms with E-state index in [0.29, 0.717) is 17.2 Å². The molecular formula is C15H21BrClNO. The summed E-state index contributed by atoms with van der Waals surface area (Å²) in [5.41, 5.74) is 0.297. The molecule has 4 heteroatoms. The zero-order chi connectivity index (χ0) is 14.3. The molecule has 0 bridgehead atoms. The fourth-order valence-corrected chi connectivity index (χ4v) is 2.66. The number of aromatic nitrogens is 1. The van der Waals surface area contributed by atoms with Crippen LogP contribution in [0.4, 0.5) is 0 Å². The van der Waals surface area contributed by atoms with Gasteiger partial charge in [-0.3, -0.25) is 0 Å². The van der Waals surface area contributed by atoms with E-state index in [1.807, 2.05) is 6.08 Å². The highest BCUT2D eigenvalue weighted by atomic mass is 79.9. The van der Waals surface area contributed by atoms with Crippen LogP contribution in [0.15, 0.2) is 29.4 Å². The van der Waals surface area contributed by atoms with Gasteiger partial charge < -0.3 is 4.74 Å². The number of hydrogen-bond donors (Lipinski definition) is 0. The van der Waals surface area contributed by atoms with Gasteiger partial charge in [0.2, 0.25) is 0 Å². The second-order valence-corrected chi connectivity index (χ2v) is 5.98. The van der Waals surface area contributed by atoms with Gasteiger partial charge in [0.25, 0.3) is 0 Å². The van der Waals surface area contributed by atoms with Crippen LogP contribution >= 0.6 is 27.5 Å². The van der Waals surface area contributed by atoms with Crippen LogP contribution in [0.25, 0.3) is 0 Å². The lowest BCUT2D eigenvalue weighted by atomic mass is 9.77. The highest BCUT2D eigenvalue weighted by Crippen LogP contribution is 2.35. The molecule has 0 spiro atoms. The van der Waals surface area contributed by atoms with E-state index in [-0.39, 0.29) is 0 Å². The van der Waals surface area contributed by atoms with Crippen LogP contribution in [0, 0.1) is 5.41 Å². The molecule has 2 nitrogen and oxygen atoms in total. The van der Waals surface area contributed by atoms with Gasteiger partial charge in [0.15, 0.2) is 0 Å². The predicted octanol–water partition coefficient (Wildman–Crippen LogP) is 5.65. The predicted molar refractivity (Wildman–Crippen MR) is 84.9 cm³/mol. The largest absolute Gasteiger partial charge is 0.492 e. The van der Waals surface area contributed by atoms with Gasteiger partial charge in [-0.05, 0) is 34.2 Å². The maximum Gasteiger partial charge on any atom is 0.138 e. The third-order valence-corrected chi connectivity index (χ3v) is 4.56. The van der Waals surface area contributed by atoms with Gasteiger partial charge in [-0.1, -0.05) is 44.4 Å². The smallest absolute Gasteiger partial charge is 0.138 e. The molecule has 0 fully saturated rings. The van der Waals surface area contributed by atoms with Gasteiger partial charge in [0.1, 0.15) is 10.9 Å². The van der Waals surface area contributed by atoms with Gasteiger partial charge >= 0.3 is 0 Å². The second kappa shape index (κ2) is 7.91. The van der Waals surface area contributed by atoms with Crippen LogP contribution in [0.2, 0.25) is 5.15 Å². The van der Waals surface area contributed by atoms with Crippen LogP contribution in [-0.4, -0.2) is 11.6 Å². The van der Waals surface area contributed by atoms with Crippen molar-refractivity contribution >= 4 is 27.5 Å².